The molecule has 0 atom stereocenters. The molecule has 8 heteroatoms. The quantitative estimate of drug-likeness (QED) is 0.333. The molecule has 1 heterocycles. The number of nitrogens with zero attached hydrogens (tertiary/aromatic N) is 1. The van der Waals surface area contributed by atoms with Gasteiger partial charge in [-0.05, 0) is 79.3 Å². The number of carbonyl (C=O) groups excluding carboxylic acids is 1. The lowest BCUT2D eigenvalue weighted by molar-refractivity contribution is 0.0977. The Balaban J connectivity index is 1.44. The monoisotopic (exact) mass is 454 g/mol. The average Bonchev–Trinajstić information content (AvgIpc) is 3.11. The molecule has 0 aliphatic rings. The van der Waals surface area contributed by atoms with Gasteiger partial charge in [0.15, 0.2) is 5.11 Å². The molecule has 0 saturated heterocycles. The van der Waals surface area contributed by atoms with Gasteiger partial charge in [-0.1, -0.05) is 29.3 Å². The standard InChI is InChI=1S/C22H16Cl2N4OS/c1-12-9-18-19(11-17(12)24)27-20(26-18)13-5-7-16(8-6-13)25-22(30)28-21(29)14-3-2-4-15(23)10-14/h2-11H,1H3,(H,26,27)(H2,25,28,29,30). The van der Waals surface area contributed by atoms with Gasteiger partial charge in [0.1, 0.15) is 5.82 Å². The van der Waals surface area contributed by atoms with Crippen LogP contribution in [0.15, 0.2) is 60.7 Å². The van der Waals surface area contributed by atoms with E-state index in [0.29, 0.717) is 15.6 Å². The van der Waals surface area contributed by atoms with Crippen LogP contribution in [0.3, 0.4) is 0 Å². The Bertz CT molecular complexity index is 1230. The zero-order chi connectivity index (χ0) is 21.3. The maximum absolute atomic E-state index is 12.3. The fraction of sp³-hybridized carbons (Fsp3) is 0.0455. The van der Waals surface area contributed by atoms with Crippen molar-refractivity contribution in [3.63, 3.8) is 0 Å². The number of halogens is 2. The Kier molecular flexibility index (Phi) is 5.72. The Hall–Kier alpha value is -2.93. The first-order valence-corrected chi connectivity index (χ1v) is 10.2. The van der Waals surface area contributed by atoms with Gasteiger partial charge in [0.05, 0.1) is 11.0 Å². The van der Waals surface area contributed by atoms with Crippen molar-refractivity contribution in [3.05, 3.63) is 81.8 Å². The zero-order valence-electron chi connectivity index (χ0n) is 15.8. The summed E-state index contributed by atoms with van der Waals surface area (Å²) < 4.78 is 0. The molecule has 3 N–H and O–H groups in total. The molecule has 1 amide bonds. The summed E-state index contributed by atoms with van der Waals surface area (Å²) in [5.41, 5.74) is 4.82. The van der Waals surface area contributed by atoms with E-state index in [4.69, 9.17) is 35.4 Å². The number of rotatable bonds is 3. The smallest absolute Gasteiger partial charge is 0.257 e. The molecule has 0 fully saturated rings. The number of hydrogen-bond donors (Lipinski definition) is 3. The molecule has 0 aliphatic carbocycles. The topological polar surface area (TPSA) is 69.8 Å². The summed E-state index contributed by atoms with van der Waals surface area (Å²) >= 11 is 17.3. The van der Waals surface area contributed by atoms with E-state index in [9.17, 15) is 4.79 Å². The molecule has 150 valence electrons. The molecule has 0 bridgehead atoms. The summed E-state index contributed by atoms with van der Waals surface area (Å²) in [4.78, 5) is 20.2. The Labute approximate surface area is 188 Å². The highest BCUT2D eigenvalue weighted by atomic mass is 35.5. The van der Waals surface area contributed by atoms with Gasteiger partial charge in [-0.25, -0.2) is 4.98 Å². The van der Waals surface area contributed by atoms with Crippen LogP contribution in [0.25, 0.3) is 22.4 Å². The van der Waals surface area contributed by atoms with Gasteiger partial charge in [-0.2, -0.15) is 0 Å². The summed E-state index contributed by atoms with van der Waals surface area (Å²) in [5, 5.41) is 7.00. The van der Waals surface area contributed by atoms with E-state index in [1.807, 2.05) is 43.3 Å². The van der Waals surface area contributed by atoms with Crippen molar-refractivity contribution >= 4 is 63.2 Å². The molecule has 0 radical (unpaired) electrons. The van der Waals surface area contributed by atoms with Gasteiger partial charge >= 0.3 is 0 Å². The number of anilines is 1. The largest absolute Gasteiger partial charge is 0.338 e. The van der Waals surface area contributed by atoms with Crippen molar-refractivity contribution in [1.82, 2.24) is 15.3 Å². The summed E-state index contributed by atoms with van der Waals surface area (Å²) in [5.74, 6) is 0.415. The van der Waals surface area contributed by atoms with Crippen molar-refractivity contribution in [2.75, 3.05) is 5.32 Å². The van der Waals surface area contributed by atoms with Gasteiger partial charge in [0.25, 0.3) is 5.91 Å². The second-order valence-corrected chi connectivity index (χ2v) is 7.95. The molecule has 0 unspecified atom stereocenters. The fourth-order valence-electron chi connectivity index (χ4n) is 2.96. The molecule has 4 rings (SSSR count). The third-order valence-electron chi connectivity index (χ3n) is 4.49. The van der Waals surface area contributed by atoms with Gasteiger partial charge in [0, 0.05) is 26.9 Å². The second-order valence-electron chi connectivity index (χ2n) is 6.70. The maximum Gasteiger partial charge on any atom is 0.257 e. The summed E-state index contributed by atoms with van der Waals surface area (Å²) in [7, 11) is 0. The number of aryl methyl sites for hydroxylation is 1. The third kappa shape index (κ3) is 4.46. The molecule has 3 aromatic carbocycles. The van der Waals surface area contributed by atoms with Gasteiger partial charge in [-0.3, -0.25) is 10.1 Å². The van der Waals surface area contributed by atoms with Crippen LogP contribution < -0.4 is 10.6 Å². The number of H-pyrrole nitrogens is 1. The molecular weight excluding hydrogens is 439 g/mol. The van der Waals surface area contributed by atoms with Gasteiger partial charge in [-0.15, -0.1) is 0 Å². The minimum atomic E-state index is -0.331. The lowest BCUT2D eigenvalue weighted by Gasteiger charge is -2.10. The van der Waals surface area contributed by atoms with E-state index in [-0.39, 0.29) is 11.0 Å². The molecule has 5 nitrogen and oxygen atoms in total. The molecule has 30 heavy (non-hydrogen) atoms. The highest BCUT2D eigenvalue weighted by Gasteiger charge is 2.10. The Morgan fingerprint density at radius 3 is 2.57 bits per heavy atom. The van der Waals surface area contributed by atoms with Crippen LogP contribution in [-0.4, -0.2) is 21.0 Å². The summed E-state index contributed by atoms with van der Waals surface area (Å²) in [6.07, 6.45) is 0. The van der Waals surface area contributed by atoms with Crippen molar-refractivity contribution in [2.24, 2.45) is 0 Å². The molecule has 4 aromatic rings. The number of hydrogen-bond acceptors (Lipinski definition) is 3. The van der Waals surface area contributed by atoms with Crippen molar-refractivity contribution in [2.45, 2.75) is 6.92 Å². The third-order valence-corrected chi connectivity index (χ3v) is 5.34. The van der Waals surface area contributed by atoms with E-state index in [1.54, 1.807) is 24.3 Å². The van der Waals surface area contributed by atoms with E-state index < -0.39 is 0 Å². The van der Waals surface area contributed by atoms with Crippen LogP contribution in [0.1, 0.15) is 15.9 Å². The van der Waals surface area contributed by atoms with Crippen LogP contribution in [0.5, 0.6) is 0 Å². The SMILES string of the molecule is Cc1cc2[nH]c(-c3ccc(NC(=S)NC(=O)c4cccc(Cl)c4)cc3)nc2cc1Cl. The molecule has 0 spiro atoms. The highest BCUT2D eigenvalue weighted by Crippen LogP contribution is 2.26. The predicted octanol–water partition coefficient (Wildman–Crippen LogP) is 5.97. The first-order chi connectivity index (χ1) is 14.4. The number of carbonyl (C=O) groups is 1. The number of aromatic nitrogens is 2. The normalized spacial score (nSPS) is 10.8. The van der Waals surface area contributed by atoms with Gasteiger partial charge < -0.3 is 10.3 Å². The number of aromatic amines is 1. The number of nitrogens with one attached hydrogen (secondary N) is 3. The number of imidazole rings is 1. The average molecular weight is 455 g/mol. The Morgan fingerprint density at radius 1 is 1.07 bits per heavy atom. The van der Waals surface area contributed by atoms with E-state index >= 15 is 0 Å². The summed E-state index contributed by atoms with van der Waals surface area (Å²) in [6, 6.07) is 18.0. The molecular formula is C22H16Cl2N4OS. The molecule has 1 aromatic heterocycles. The minimum absolute atomic E-state index is 0.196. The van der Waals surface area contributed by atoms with Crippen LogP contribution in [0, 0.1) is 6.92 Å². The van der Waals surface area contributed by atoms with Crippen LogP contribution in [0.2, 0.25) is 10.0 Å². The number of fused-ring (bicyclic) bond motifs is 1. The van der Waals surface area contributed by atoms with Crippen LogP contribution in [-0.2, 0) is 0 Å². The minimum Gasteiger partial charge on any atom is -0.338 e. The van der Waals surface area contributed by atoms with E-state index in [1.165, 1.54) is 0 Å². The predicted molar refractivity (Wildman–Crippen MR) is 126 cm³/mol. The highest BCUT2D eigenvalue weighted by molar-refractivity contribution is 7.80. The van der Waals surface area contributed by atoms with Crippen LogP contribution in [0.4, 0.5) is 5.69 Å². The Morgan fingerprint density at radius 2 is 1.83 bits per heavy atom. The molecule has 0 saturated carbocycles. The van der Waals surface area contributed by atoms with Crippen LogP contribution >= 0.6 is 35.4 Å². The van der Waals surface area contributed by atoms with Gasteiger partial charge in [0.2, 0.25) is 0 Å². The number of benzene rings is 3. The zero-order valence-corrected chi connectivity index (χ0v) is 18.1. The second kappa shape index (κ2) is 8.44. The molecule has 0 aliphatic heterocycles. The summed E-state index contributed by atoms with van der Waals surface area (Å²) in [6.45, 7) is 1.96. The number of amides is 1. The van der Waals surface area contributed by atoms with Crippen molar-refractivity contribution in [1.29, 1.82) is 0 Å². The first kappa shape index (κ1) is 20.3. The first-order valence-electron chi connectivity index (χ1n) is 9.03. The van der Waals surface area contributed by atoms with E-state index in [0.717, 1.165) is 33.7 Å². The fourth-order valence-corrected chi connectivity index (χ4v) is 3.51. The lowest BCUT2D eigenvalue weighted by Crippen LogP contribution is -2.34. The lowest BCUT2D eigenvalue weighted by atomic mass is 10.2. The maximum atomic E-state index is 12.3. The van der Waals surface area contributed by atoms with Crippen molar-refractivity contribution < 1.29 is 4.79 Å². The number of thiocarbonyl (C=S) groups is 1. The van der Waals surface area contributed by atoms with Crippen molar-refractivity contribution in [3.8, 4) is 11.4 Å². The van der Waals surface area contributed by atoms with E-state index in [2.05, 4.69) is 20.6 Å².